The number of alkyl carbamates (subject to hydrolysis) is 1. The van der Waals surface area contributed by atoms with E-state index in [2.05, 4.69) is 25.4 Å². The molecule has 1 N–H and O–H groups in total. The van der Waals surface area contributed by atoms with Gasteiger partial charge in [-0.2, -0.15) is 13.8 Å². The first-order chi connectivity index (χ1) is 23.1. The number of carbonyl (C=O) groups is 2. The number of halogens is 4. The molecule has 2 atom stereocenters. The molecule has 13 nitrogen and oxygen atoms in total. The maximum absolute atomic E-state index is 14.9. The van der Waals surface area contributed by atoms with Gasteiger partial charge in [-0.25, -0.2) is 23.5 Å². The maximum atomic E-state index is 14.9. The van der Waals surface area contributed by atoms with Crippen LogP contribution in [0.3, 0.4) is 0 Å². The normalized spacial score (nSPS) is 18.9. The van der Waals surface area contributed by atoms with E-state index >= 15 is 0 Å². The van der Waals surface area contributed by atoms with Crippen LogP contribution in [0.2, 0.25) is 0 Å². The number of hydrogen-bond acceptors (Lipinski definition) is 11. The summed E-state index contributed by atoms with van der Waals surface area (Å²) in [6, 6.07) is 2.32. The predicted octanol–water partition coefficient (Wildman–Crippen LogP) is 4.50. The Morgan fingerprint density at radius 2 is 1.76 bits per heavy atom. The minimum absolute atomic E-state index is 0.00144. The topological polar surface area (TPSA) is 139 Å². The van der Waals surface area contributed by atoms with Crippen molar-refractivity contribution in [2.75, 3.05) is 56.2 Å². The fourth-order valence-corrected chi connectivity index (χ4v) is 5.98. The minimum Gasteiger partial charge on any atom is -0.444 e. The molecule has 0 aliphatic carbocycles. The third-order valence-corrected chi connectivity index (χ3v) is 8.33. The van der Waals surface area contributed by atoms with Crippen LogP contribution in [0.25, 0.3) is 0 Å². The van der Waals surface area contributed by atoms with Crippen molar-refractivity contribution in [3.63, 3.8) is 0 Å². The van der Waals surface area contributed by atoms with Crippen LogP contribution in [0.5, 0.6) is 0 Å². The molecule has 0 radical (unpaired) electrons. The summed E-state index contributed by atoms with van der Waals surface area (Å²) in [4.78, 5) is 44.2. The largest absolute Gasteiger partial charge is 0.444 e. The van der Waals surface area contributed by atoms with Gasteiger partial charge in [-0.3, -0.25) is 4.79 Å². The molecule has 0 saturated carbocycles. The van der Waals surface area contributed by atoms with E-state index in [1.807, 2.05) is 0 Å². The highest BCUT2D eigenvalue weighted by molar-refractivity contribution is 5.94. The molecule has 0 unspecified atom stereocenters. The van der Waals surface area contributed by atoms with Crippen molar-refractivity contribution in [3.05, 3.63) is 59.2 Å². The van der Waals surface area contributed by atoms with Crippen molar-refractivity contribution < 1.29 is 41.1 Å². The van der Waals surface area contributed by atoms with E-state index in [1.54, 1.807) is 35.5 Å². The maximum Gasteiger partial charge on any atom is 0.407 e. The average molecular weight is 693 g/mol. The summed E-state index contributed by atoms with van der Waals surface area (Å²) in [6.07, 6.45) is 3.11. The number of methoxy groups -OCH3 is 1. The molecular formula is C32H40F4N8O5. The second-order valence-corrected chi connectivity index (χ2v) is 13.2. The van der Waals surface area contributed by atoms with Gasteiger partial charge in [-0.1, -0.05) is 5.16 Å². The van der Waals surface area contributed by atoms with Gasteiger partial charge in [0.2, 0.25) is 11.8 Å². The fourth-order valence-electron chi connectivity index (χ4n) is 5.98. The van der Waals surface area contributed by atoms with Gasteiger partial charge >= 0.3 is 18.0 Å². The highest BCUT2D eigenvalue weighted by Gasteiger charge is 2.39. The monoisotopic (exact) mass is 692 g/mol. The molecule has 3 aromatic rings. The second kappa shape index (κ2) is 14.5. The Morgan fingerprint density at radius 3 is 2.37 bits per heavy atom. The Labute approximate surface area is 280 Å². The van der Waals surface area contributed by atoms with Crippen LogP contribution in [0, 0.1) is 11.6 Å². The van der Waals surface area contributed by atoms with Crippen molar-refractivity contribution in [3.8, 4) is 0 Å². The zero-order valence-corrected chi connectivity index (χ0v) is 28.0. The average Bonchev–Trinajstić information content (AvgIpc) is 3.70. The van der Waals surface area contributed by atoms with Crippen LogP contribution in [0.15, 0.2) is 35.1 Å². The first-order valence-electron chi connectivity index (χ1n) is 15.9. The number of piperidine rings is 1. The van der Waals surface area contributed by atoms with Crippen LogP contribution in [0.4, 0.5) is 34.3 Å². The van der Waals surface area contributed by atoms with E-state index < -0.39 is 47.0 Å². The molecule has 2 saturated heterocycles. The summed E-state index contributed by atoms with van der Waals surface area (Å²) in [5.74, 6) is -5.88. The lowest BCUT2D eigenvalue weighted by atomic mass is 9.94. The van der Waals surface area contributed by atoms with Gasteiger partial charge in [-0.05, 0) is 57.4 Å². The molecule has 2 aliphatic rings. The number of hydrogen-bond donors (Lipinski definition) is 1. The van der Waals surface area contributed by atoms with Crippen molar-refractivity contribution >= 4 is 24.0 Å². The summed E-state index contributed by atoms with van der Waals surface area (Å²) in [7, 11) is 1.53. The molecule has 49 heavy (non-hydrogen) atoms. The standard InChI is InChI=1S/C32H40F4N8O5/c1-31(2,3)48-30(46)39-25-18-43(17-23(25)22-14-20(33)6-7-24(22)34)28-37-15-19(16-38-28)26(45)44(12-13-47-5)21-8-10-42(11-9-21)29-40-27(41-49-29)32(4,35)36/h6-7,14-16,21,23,25H,8-13,17-18H2,1-5H3,(H,39,46)/t23-,25+/m1/s1. The summed E-state index contributed by atoms with van der Waals surface area (Å²) in [5, 5.41) is 6.17. The molecule has 2 aliphatic heterocycles. The number of aromatic nitrogens is 4. The van der Waals surface area contributed by atoms with E-state index in [0.717, 1.165) is 18.2 Å². The summed E-state index contributed by atoms with van der Waals surface area (Å²) in [6.45, 7) is 7.54. The molecule has 1 aromatic carbocycles. The number of anilines is 2. The van der Waals surface area contributed by atoms with Gasteiger partial charge in [0.15, 0.2) is 0 Å². The molecule has 4 heterocycles. The Hall–Kier alpha value is -4.54. The fraction of sp³-hybridized carbons (Fsp3) is 0.562. The van der Waals surface area contributed by atoms with E-state index in [9.17, 15) is 27.2 Å². The van der Waals surface area contributed by atoms with E-state index in [0.29, 0.717) is 39.4 Å². The van der Waals surface area contributed by atoms with Gasteiger partial charge in [0.25, 0.3) is 5.91 Å². The lowest BCUT2D eigenvalue weighted by Gasteiger charge is -2.37. The first kappa shape index (κ1) is 35.8. The minimum atomic E-state index is -3.23. The zero-order chi connectivity index (χ0) is 35.5. The van der Waals surface area contributed by atoms with Gasteiger partial charge in [0.05, 0.1) is 18.2 Å². The lowest BCUT2D eigenvalue weighted by molar-refractivity contribution is 0.00557. The molecule has 2 aromatic heterocycles. The quantitative estimate of drug-likeness (QED) is 0.301. The van der Waals surface area contributed by atoms with Gasteiger partial charge in [-0.15, -0.1) is 0 Å². The Balaban J connectivity index is 1.28. The molecule has 17 heteroatoms. The molecule has 2 fully saturated rings. The highest BCUT2D eigenvalue weighted by Crippen LogP contribution is 2.33. The molecule has 266 valence electrons. The number of ether oxygens (including phenoxy) is 2. The smallest absolute Gasteiger partial charge is 0.407 e. The van der Waals surface area contributed by atoms with Crippen molar-refractivity contribution in [1.29, 1.82) is 0 Å². The molecule has 5 rings (SSSR count). The van der Waals surface area contributed by atoms with Crippen LogP contribution in [0.1, 0.15) is 68.2 Å². The van der Waals surface area contributed by atoms with Gasteiger partial charge in [0, 0.05) is 71.1 Å². The number of nitrogens with one attached hydrogen (secondary N) is 1. The van der Waals surface area contributed by atoms with E-state index in [1.165, 1.54) is 19.5 Å². The SMILES string of the molecule is COCCN(C(=O)c1cnc(N2C[C@H](NC(=O)OC(C)(C)C)[C@@H](c3cc(F)ccc3F)C2)nc1)C1CCN(c2nc(C(C)(F)F)no2)CC1. The summed E-state index contributed by atoms with van der Waals surface area (Å²) < 4.78 is 72.0. The lowest BCUT2D eigenvalue weighted by Crippen LogP contribution is -2.48. The highest BCUT2D eigenvalue weighted by atomic mass is 19.3. The molecule has 0 spiro atoms. The number of amides is 2. The zero-order valence-electron chi connectivity index (χ0n) is 28.0. The Morgan fingerprint density at radius 1 is 1.06 bits per heavy atom. The summed E-state index contributed by atoms with van der Waals surface area (Å²) >= 11 is 0. The molecule has 0 bridgehead atoms. The third-order valence-electron chi connectivity index (χ3n) is 8.33. The van der Waals surface area contributed by atoms with Crippen LogP contribution in [-0.2, 0) is 15.4 Å². The number of benzene rings is 1. The van der Waals surface area contributed by atoms with Crippen LogP contribution < -0.4 is 15.1 Å². The van der Waals surface area contributed by atoms with Crippen molar-refractivity contribution in [1.82, 2.24) is 30.3 Å². The number of alkyl halides is 2. The molecule has 2 amide bonds. The Bertz CT molecular complexity index is 1610. The predicted molar refractivity (Wildman–Crippen MR) is 169 cm³/mol. The van der Waals surface area contributed by atoms with Gasteiger partial charge in [0.1, 0.15) is 17.2 Å². The first-order valence-corrected chi connectivity index (χ1v) is 15.9. The Kier molecular flexibility index (Phi) is 10.6. The third kappa shape index (κ3) is 8.74. The van der Waals surface area contributed by atoms with Crippen molar-refractivity contribution in [2.45, 2.75) is 70.1 Å². The molecular weight excluding hydrogens is 652 g/mol. The second-order valence-electron chi connectivity index (χ2n) is 13.2. The number of nitrogens with zero attached hydrogens (tertiary/aromatic N) is 7. The van der Waals surface area contributed by atoms with Crippen molar-refractivity contribution in [2.24, 2.45) is 0 Å². The number of carbonyl (C=O) groups excluding carboxylic acids is 2. The van der Waals surface area contributed by atoms with E-state index in [4.69, 9.17) is 14.0 Å². The number of rotatable bonds is 10. The summed E-state index contributed by atoms with van der Waals surface area (Å²) in [5.41, 5.74) is -0.447. The van der Waals surface area contributed by atoms with Crippen LogP contribution >= 0.6 is 0 Å². The van der Waals surface area contributed by atoms with E-state index in [-0.39, 0.29) is 54.7 Å². The van der Waals surface area contributed by atoms with Gasteiger partial charge < -0.3 is 34.0 Å². The van der Waals surface area contributed by atoms with Crippen LogP contribution in [-0.4, -0.2) is 101 Å².